The van der Waals surface area contributed by atoms with Gasteiger partial charge in [-0.3, -0.25) is 4.90 Å². The number of anilines is 1. The third-order valence-corrected chi connectivity index (χ3v) is 6.16. The van der Waals surface area contributed by atoms with Crippen LogP contribution in [0, 0.1) is 6.92 Å². The molecule has 7 nitrogen and oxygen atoms in total. The molecule has 0 atom stereocenters. The highest BCUT2D eigenvalue weighted by atomic mass is 32.1. The Morgan fingerprint density at radius 2 is 2.00 bits per heavy atom. The maximum absolute atomic E-state index is 4.28. The van der Waals surface area contributed by atoms with E-state index in [1.54, 1.807) is 17.7 Å². The first-order valence-electron chi connectivity index (χ1n) is 9.29. The van der Waals surface area contributed by atoms with E-state index < -0.39 is 0 Å². The molecule has 0 radical (unpaired) electrons. The predicted octanol–water partition coefficient (Wildman–Crippen LogP) is 2.74. The third-order valence-electron chi connectivity index (χ3n) is 5.27. The number of aryl methyl sites for hydroxylation is 2. The van der Waals surface area contributed by atoms with Gasteiger partial charge < -0.3 is 9.47 Å². The minimum absolute atomic E-state index is 0.576. The Kier molecular flexibility index (Phi) is 5.18. The minimum Gasteiger partial charge on any atom is -0.371 e. The summed E-state index contributed by atoms with van der Waals surface area (Å²) in [5, 5.41) is 18.6. The molecular weight excluding hydrogens is 358 g/mol. The zero-order valence-electron chi connectivity index (χ0n) is 16.0. The number of benzene rings is 1. The zero-order valence-corrected chi connectivity index (χ0v) is 16.9. The molecule has 2 aromatic heterocycles. The molecule has 1 aliphatic heterocycles. The molecule has 1 aromatic carbocycles. The number of hydrogen-bond donors (Lipinski definition) is 0. The van der Waals surface area contributed by atoms with Crippen LogP contribution in [-0.4, -0.2) is 56.0 Å². The molecule has 8 heteroatoms. The number of aromatic nitrogens is 5. The van der Waals surface area contributed by atoms with Gasteiger partial charge in [-0.1, -0.05) is 23.5 Å². The molecule has 142 valence electrons. The van der Waals surface area contributed by atoms with Gasteiger partial charge in [-0.2, -0.15) is 0 Å². The summed E-state index contributed by atoms with van der Waals surface area (Å²) in [7, 11) is 4.19. The van der Waals surface area contributed by atoms with Gasteiger partial charge in [0.15, 0.2) is 0 Å². The number of hydrogen-bond acceptors (Lipinski definition) is 7. The lowest BCUT2D eigenvalue weighted by molar-refractivity contribution is 0.194. The zero-order chi connectivity index (χ0) is 18.8. The van der Waals surface area contributed by atoms with Crippen LogP contribution in [0.3, 0.4) is 0 Å². The Labute approximate surface area is 163 Å². The Morgan fingerprint density at radius 1 is 1.19 bits per heavy atom. The molecule has 0 amide bonds. The van der Waals surface area contributed by atoms with Gasteiger partial charge in [0.1, 0.15) is 22.2 Å². The van der Waals surface area contributed by atoms with Crippen LogP contribution in [-0.2, 0) is 13.6 Å². The van der Waals surface area contributed by atoms with Gasteiger partial charge in [0.05, 0.1) is 6.54 Å². The lowest BCUT2D eigenvalue weighted by Crippen LogP contribution is -2.43. The molecule has 0 saturated carbocycles. The average molecular weight is 384 g/mol. The highest BCUT2D eigenvalue weighted by Crippen LogP contribution is 2.29. The Morgan fingerprint density at radius 3 is 2.67 bits per heavy atom. The van der Waals surface area contributed by atoms with Gasteiger partial charge >= 0.3 is 0 Å². The fraction of sp³-hybridized carbons (Fsp3) is 0.474. The first-order chi connectivity index (χ1) is 13.1. The van der Waals surface area contributed by atoms with Gasteiger partial charge in [0.25, 0.3) is 0 Å². The Bertz CT molecular complexity index is 895. The molecule has 0 spiro atoms. The summed E-state index contributed by atoms with van der Waals surface area (Å²) in [4.78, 5) is 4.88. The van der Waals surface area contributed by atoms with Gasteiger partial charge in [0, 0.05) is 37.4 Å². The van der Waals surface area contributed by atoms with Gasteiger partial charge in [-0.05, 0) is 38.9 Å². The predicted molar refractivity (Wildman–Crippen MR) is 108 cm³/mol. The van der Waals surface area contributed by atoms with Crippen LogP contribution in [0.2, 0.25) is 0 Å². The van der Waals surface area contributed by atoms with Crippen LogP contribution < -0.4 is 4.90 Å². The number of rotatable bonds is 5. The molecule has 1 fully saturated rings. The van der Waals surface area contributed by atoms with Crippen LogP contribution in [0.4, 0.5) is 5.69 Å². The van der Waals surface area contributed by atoms with E-state index in [0.717, 1.165) is 53.9 Å². The summed E-state index contributed by atoms with van der Waals surface area (Å²) in [5.41, 5.74) is 2.43. The van der Waals surface area contributed by atoms with Crippen LogP contribution in [0.1, 0.15) is 23.7 Å². The quantitative estimate of drug-likeness (QED) is 0.675. The van der Waals surface area contributed by atoms with Crippen molar-refractivity contribution in [3.05, 3.63) is 41.4 Å². The molecule has 3 heterocycles. The molecular formula is C19H25N7S. The fourth-order valence-electron chi connectivity index (χ4n) is 3.62. The summed E-state index contributed by atoms with van der Waals surface area (Å²) in [6.07, 6.45) is 4.06. The molecule has 1 aliphatic rings. The first-order valence-corrected chi connectivity index (χ1v) is 10.1. The second-order valence-corrected chi connectivity index (χ2v) is 8.35. The van der Waals surface area contributed by atoms with Crippen molar-refractivity contribution in [2.75, 3.05) is 25.0 Å². The van der Waals surface area contributed by atoms with Crippen molar-refractivity contribution < 1.29 is 0 Å². The Balaban J connectivity index is 1.38. The SMILES string of the molecule is Cc1nnc(-c2cccc(N3CCC(N(C)Cc4nncn4C)CC3)c2)s1. The summed E-state index contributed by atoms with van der Waals surface area (Å²) in [6, 6.07) is 9.25. The number of nitrogens with zero attached hydrogens (tertiary/aromatic N) is 7. The highest BCUT2D eigenvalue weighted by molar-refractivity contribution is 7.14. The lowest BCUT2D eigenvalue weighted by Gasteiger charge is -2.37. The lowest BCUT2D eigenvalue weighted by atomic mass is 10.0. The fourth-order valence-corrected chi connectivity index (χ4v) is 4.30. The van der Waals surface area contributed by atoms with Crippen molar-refractivity contribution >= 4 is 17.0 Å². The van der Waals surface area contributed by atoms with Crippen LogP contribution in [0.15, 0.2) is 30.6 Å². The molecule has 0 aliphatic carbocycles. The maximum Gasteiger partial charge on any atom is 0.147 e. The standard InChI is InChI=1S/C19H25N7S/c1-14-21-23-19(27-14)15-5-4-6-17(11-15)26-9-7-16(8-10-26)24(2)12-18-22-20-13-25(18)3/h4-6,11,13,16H,7-10,12H2,1-3H3. The summed E-state index contributed by atoms with van der Waals surface area (Å²) < 4.78 is 1.99. The first kappa shape index (κ1) is 18.1. The molecule has 4 rings (SSSR count). The van der Waals surface area contributed by atoms with Crippen LogP contribution in [0.25, 0.3) is 10.6 Å². The molecule has 1 saturated heterocycles. The summed E-state index contributed by atoms with van der Waals surface area (Å²) >= 11 is 1.64. The largest absolute Gasteiger partial charge is 0.371 e. The van der Waals surface area contributed by atoms with Gasteiger partial charge in [0.2, 0.25) is 0 Å². The van der Waals surface area contributed by atoms with E-state index in [9.17, 15) is 0 Å². The van der Waals surface area contributed by atoms with Crippen molar-refractivity contribution in [2.45, 2.75) is 32.4 Å². The normalized spacial score (nSPS) is 15.6. The van der Waals surface area contributed by atoms with Gasteiger partial charge in [-0.15, -0.1) is 20.4 Å². The van der Waals surface area contributed by atoms with Crippen LogP contribution in [0.5, 0.6) is 0 Å². The van der Waals surface area contributed by atoms with Crippen molar-refractivity contribution in [3.8, 4) is 10.6 Å². The van der Waals surface area contributed by atoms with E-state index >= 15 is 0 Å². The van der Waals surface area contributed by atoms with Crippen molar-refractivity contribution in [1.29, 1.82) is 0 Å². The highest BCUT2D eigenvalue weighted by Gasteiger charge is 2.23. The van der Waals surface area contributed by atoms with Crippen molar-refractivity contribution in [1.82, 2.24) is 29.9 Å². The average Bonchev–Trinajstić information content (AvgIpc) is 3.30. The van der Waals surface area contributed by atoms with Crippen molar-refractivity contribution in [2.24, 2.45) is 7.05 Å². The van der Waals surface area contributed by atoms with E-state index in [0.29, 0.717) is 6.04 Å². The van der Waals surface area contributed by atoms with E-state index in [1.807, 2.05) is 18.5 Å². The third kappa shape index (κ3) is 4.01. The second-order valence-electron chi connectivity index (χ2n) is 7.17. The summed E-state index contributed by atoms with van der Waals surface area (Å²) in [6.45, 7) is 4.96. The topological polar surface area (TPSA) is 63.0 Å². The number of piperidine rings is 1. The van der Waals surface area contributed by atoms with Gasteiger partial charge in [-0.25, -0.2) is 0 Å². The monoisotopic (exact) mass is 383 g/mol. The maximum atomic E-state index is 4.28. The molecule has 0 bridgehead atoms. The van der Waals surface area contributed by atoms with E-state index in [4.69, 9.17) is 0 Å². The van der Waals surface area contributed by atoms with E-state index in [2.05, 4.69) is 61.5 Å². The van der Waals surface area contributed by atoms with Crippen LogP contribution >= 0.6 is 11.3 Å². The van der Waals surface area contributed by atoms with E-state index in [-0.39, 0.29) is 0 Å². The molecule has 0 N–H and O–H groups in total. The molecule has 3 aromatic rings. The van der Waals surface area contributed by atoms with E-state index in [1.165, 1.54) is 5.69 Å². The second kappa shape index (κ2) is 7.74. The minimum atomic E-state index is 0.576. The molecule has 27 heavy (non-hydrogen) atoms. The summed E-state index contributed by atoms with van der Waals surface area (Å²) in [5.74, 6) is 1.01. The molecule has 0 unspecified atom stereocenters. The van der Waals surface area contributed by atoms with Crippen molar-refractivity contribution in [3.63, 3.8) is 0 Å². The smallest absolute Gasteiger partial charge is 0.147 e. The Hall–Kier alpha value is -2.32.